The first kappa shape index (κ1) is 16.2. The van der Waals surface area contributed by atoms with Gasteiger partial charge in [0.2, 0.25) is 0 Å². The van der Waals surface area contributed by atoms with Crippen molar-refractivity contribution < 1.29 is 9.53 Å². The molecule has 1 saturated carbocycles. The normalized spacial score (nSPS) is 28.8. The fourth-order valence-electron chi connectivity index (χ4n) is 2.84. The number of ether oxygens (including phenoxy) is 1. The molecule has 2 saturated heterocycles. The first-order valence-corrected chi connectivity index (χ1v) is 11.6. The minimum atomic E-state index is -1.12. The third-order valence-corrected chi connectivity index (χ3v) is 11.7. The average Bonchev–Trinajstić information content (AvgIpc) is 3.25. The summed E-state index contributed by atoms with van der Waals surface area (Å²) in [5.41, 5.74) is -0.0951. The van der Waals surface area contributed by atoms with Gasteiger partial charge in [-0.05, 0) is 0 Å². The molecule has 21 heavy (non-hydrogen) atoms. The van der Waals surface area contributed by atoms with E-state index in [1.807, 2.05) is 6.92 Å². The van der Waals surface area contributed by atoms with E-state index >= 15 is 0 Å². The molecule has 1 aliphatic carbocycles. The third kappa shape index (κ3) is 3.05. The zero-order valence-electron chi connectivity index (χ0n) is 12.3. The van der Waals surface area contributed by atoms with Crippen LogP contribution in [-0.4, -0.2) is 31.0 Å². The summed E-state index contributed by atoms with van der Waals surface area (Å²) < 4.78 is 11.8. The molecule has 3 fully saturated rings. The van der Waals surface area contributed by atoms with E-state index in [4.69, 9.17) is 10.1 Å². The summed E-state index contributed by atoms with van der Waals surface area (Å²) in [5.74, 6) is 0.0704. The van der Waals surface area contributed by atoms with Gasteiger partial charge in [0.25, 0.3) is 0 Å². The van der Waals surface area contributed by atoms with Gasteiger partial charge in [-0.25, -0.2) is 0 Å². The number of halogens is 2. The molecule has 120 valence electrons. The van der Waals surface area contributed by atoms with Gasteiger partial charge in [0.1, 0.15) is 0 Å². The van der Waals surface area contributed by atoms with Crippen LogP contribution < -0.4 is 12.4 Å². The van der Waals surface area contributed by atoms with Crippen LogP contribution in [0.1, 0.15) is 46.0 Å². The summed E-state index contributed by atoms with van der Waals surface area (Å²) >= 11 is 1.13. The molecule has 1 atom stereocenters. The zero-order valence-corrected chi connectivity index (χ0v) is 16.6. The van der Waals surface area contributed by atoms with Crippen molar-refractivity contribution >= 4 is 54.8 Å². The van der Waals surface area contributed by atoms with Crippen molar-refractivity contribution in [2.24, 2.45) is 0 Å². The van der Waals surface area contributed by atoms with E-state index in [-0.39, 0.29) is 27.6 Å². The van der Waals surface area contributed by atoms with Gasteiger partial charge in [0.05, 0.1) is 0 Å². The average molecular weight is 520 g/mol. The van der Waals surface area contributed by atoms with Crippen molar-refractivity contribution in [2.45, 2.75) is 58.6 Å². The fourth-order valence-corrected chi connectivity index (χ4v) is 10.7. The summed E-state index contributed by atoms with van der Waals surface area (Å²) in [6, 6.07) is 0. The molecule has 2 aliphatic heterocycles. The molecule has 3 aliphatic rings. The van der Waals surface area contributed by atoms with Crippen LogP contribution in [-0.2, 0) is 9.53 Å². The van der Waals surface area contributed by atoms with Crippen molar-refractivity contribution in [3.8, 4) is 0 Å². The van der Waals surface area contributed by atoms with E-state index in [0.717, 1.165) is 12.8 Å². The minimum absolute atomic E-state index is 0.0274. The molecule has 0 aromatic carbocycles. The predicted molar refractivity (Wildman–Crippen MR) is 98.8 cm³/mol. The predicted octanol–water partition coefficient (Wildman–Crippen LogP) is 2.21. The van der Waals surface area contributed by atoms with Gasteiger partial charge < -0.3 is 0 Å². The van der Waals surface area contributed by atoms with Crippen molar-refractivity contribution in [2.75, 3.05) is 6.61 Å². The molecule has 3 rings (SSSR count). The summed E-state index contributed by atoms with van der Waals surface area (Å²) in [6.45, 7) is 4.04. The first-order valence-electron chi connectivity index (χ1n) is 7.26. The molecular formula is C13H22I2N4O2. The van der Waals surface area contributed by atoms with Crippen LogP contribution in [0.5, 0.6) is 0 Å². The summed E-state index contributed by atoms with van der Waals surface area (Å²) in [7, 11) is 0. The summed E-state index contributed by atoms with van der Waals surface area (Å²) in [6.07, 6.45) is 5.67. The standard InChI is InChI=1S/C13H22I2N4O2/c1-11(6-4-3-5-7-11)17-9(20)8-21-10(16)12(2,14)13-15(18-13)19-13/h16,18-19H,3-8H2,1-2H3,(H,17,20). The Hall–Kier alpha value is 0.320. The van der Waals surface area contributed by atoms with Crippen molar-refractivity contribution in [3.63, 3.8) is 0 Å². The van der Waals surface area contributed by atoms with E-state index in [1.165, 1.54) is 19.3 Å². The molecule has 0 aromatic heterocycles. The number of hydrogen-bond donors (Lipinski definition) is 4. The van der Waals surface area contributed by atoms with Crippen LogP contribution in [0.3, 0.4) is 0 Å². The first-order chi connectivity index (χ1) is 9.79. The Morgan fingerprint density at radius 3 is 2.52 bits per heavy atom. The maximum absolute atomic E-state index is 12.1. The SMILES string of the molecule is CC1(NC(=O)COC(=N)C(C)(I)C23NI2N3)CCCCC1. The quantitative estimate of drug-likeness (QED) is 0.0849. The summed E-state index contributed by atoms with van der Waals surface area (Å²) in [4.78, 5) is 12.1. The van der Waals surface area contributed by atoms with E-state index in [9.17, 15) is 4.79 Å². The Labute approximate surface area is 146 Å². The third-order valence-electron chi connectivity index (χ3n) is 4.48. The summed E-state index contributed by atoms with van der Waals surface area (Å²) in [5, 5.41) is 11.2. The van der Waals surface area contributed by atoms with Crippen LogP contribution in [0.2, 0.25) is 0 Å². The Morgan fingerprint density at radius 1 is 1.43 bits per heavy atom. The van der Waals surface area contributed by atoms with Crippen LogP contribution in [0.25, 0.3) is 0 Å². The van der Waals surface area contributed by atoms with Crippen LogP contribution in [0, 0.1) is 5.41 Å². The molecular weight excluding hydrogens is 498 g/mol. The van der Waals surface area contributed by atoms with Gasteiger partial charge in [0, 0.05) is 0 Å². The van der Waals surface area contributed by atoms with Gasteiger partial charge >= 0.3 is 147 Å². The number of fused-ring (bicyclic) bond motifs is 1. The monoisotopic (exact) mass is 520 g/mol. The number of nitrogens with one attached hydrogen (secondary N) is 4. The van der Waals surface area contributed by atoms with Crippen LogP contribution in [0.4, 0.5) is 0 Å². The second kappa shape index (κ2) is 5.45. The number of alkyl halides is 2. The number of hydrogen-bond acceptors (Lipinski definition) is 5. The Balaban J connectivity index is 1.46. The number of amides is 1. The topological polar surface area (TPSA) is 106 Å². The van der Waals surface area contributed by atoms with Crippen LogP contribution >= 0.6 is 43.0 Å². The van der Waals surface area contributed by atoms with Gasteiger partial charge in [-0.1, -0.05) is 0 Å². The Kier molecular flexibility index (Phi) is 4.20. The van der Waals surface area contributed by atoms with Crippen molar-refractivity contribution in [3.05, 3.63) is 0 Å². The second-order valence-electron chi connectivity index (χ2n) is 6.42. The number of carbonyl (C=O) groups is 1. The van der Waals surface area contributed by atoms with Gasteiger partial charge in [-0.15, -0.1) is 0 Å². The molecule has 1 amide bonds. The van der Waals surface area contributed by atoms with Gasteiger partial charge in [-0.3, -0.25) is 0 Å². The van der Waals surface area contributed by atoms with E-state index in [2.05, 4.69) is 41.9 Å². The van der Waals surface area contributed by atoms with Crippen molar-refractivity contribution in [1.29, 1.82) is 5.41 Å². The molecule has 0 spiro atoms. The number of rotatable bonds is 5. The van der Waals surface area contributed by atoms with Gasteiger partial charge in [0.15, 0.2) is 0 Å². The molecule has 8 heteroatoms. The van der Waals surface area contributed by atoms with Crippen molar-refractivity contribution in [1.82, 2.24) is 12.4 Å². The Bertz CT molecular complexity index is 471. The second-order valence-corrected chi connectivity index (χ2v) is 12.9. The number of carbonyl (C=O) groups excluding carboxylic acids is 1. The molecule has 0 bridgehead atoms. The molecule has 1 unspecified atom stereocenters. The van der Waals surface area contributed by atoms with E-state index in [0.29, 0.717) is 0 Å². The van der Waals surface area contributed by atoms with E-state index in [1.54, 1.807) is 0 Å². The maximum atomic E-state index is 12.1. The molecule has 2 heterocycles. The zero-order chi connectivity index (χ0) is 15.3. The fraction of sp³-hybridized carbons (Fsp3) is 0.846. The van der Waals surface area contributed by atoms with Gasteiger partial charge in [-0.2, -0.15) is 0 Å². The molecule has 4 N–H and O–H groups in total. The van der Waals surface area contributed by atoms with E-state index < -0.39 is 23.8 Å². The Morgan fingerprint density at radius 2 is 2.00 bits per heavy atom. The molecule has 0 radical (unpaired) electrons. The van der Waals surface area contributed by atoms with Crippen LogP contribution in [0.15, 0.2) is 0 Å². The molecule has 6 nitrogen and oxygen atoms in total. The molecule has 0 aromatic rings.